The second kappa shape index (κ2) is 12.8. The molecule has 0 saturated carbocycles. The van der Waals surface area contributed by atoms with Gasteiger partial charge in [-0.05, 0) is 64.7 Å². The van der Waals surface area contributed by atoms with Gasteiger partial charge in [0.25, 0.3) is 5.91 Å². The molecule has 220 valence electrons. The highest BCUT2D eigenvalue weighted by molar-refractivity contribution is 6.34. The molecule has 3 aromatic carbocycles. The number of anilines is 2. The van der Waals surface area contributed by atoms with E-state index < -0.39 is 31.3 Å². The van der Waals surface area contributed by atoms with Gasteiger partial charge in [-0.3, -0.25) is 9.59 Å². The number of aromatic nitrogens is 2. The molecule has 4 rings (SSSR count). The van der Waals surface area contributed by atoms with Crippen LogP contribution in [0.3, 0.4) is 0 Å². The second-order valence-electron chi connectivity index (χ2n) is 10.8. The Bertz CT molecular complexity index is 1630. The molecule has 0 aliphatic rings. The molecule has 0 unspecified atom stereocenters. The highest BCUT2D eigenvalue weighted by Gasteiger charge is 2.21. The molecule has 0 atom stereocenters. The van der Waals surface area contributed by atoms with Crippen molar-refractivity contribution in [3.63, 3.8) is 0 Å². The summed E-state index contributed by atoms with van der Waals surface area (Å²) in [4.78, 5) is 34.5. The number of benzene rings is 3. The Labute approximate surface area is 246 Å². The number of carbonyl (C=O) groups excluding carboxylic acids is 2. The van der Waals surface area contributed by atoms with Crippen molar-refractivity contribution in [1.29, 1.82) is 0 Å². The average Bonchev–Trinajstić information content (AvgIpc) is 2.98. The normalized spacial score (nSPS) is 11.4. The van der Waals surface area contributed by atoms with Crippen molar-refractivity contribution in [1.82, 2.24) is 15.3 Å². The zero-order chi connectivity index (χ0) is 30.6. The summed E-state index contributed by atoms with van der Waals surface area (Å²) in [6.45, 7) is 2.75. The lowest BCUT2D eigenvalue weighted by molar-refractivity contribution is -0.128. The number of alkyl halides is 3. The van der Waals surface area contributed by atoms with Crippen molar-refractivity contribution in [2.45, 2.75) is 47.3 Å². The Hall–Kier alpha value is -4.18. The van der Waals surface area contributed by atoms with Gasteiger partial charge in [-0.25, -0.2) is 23.1 Å². The van der Waals surface area contributed by atoms with Gasteiger partial charge >= 0.3 is 0 Å². The molecule has 1 heterocycles. The molecule has 42 heavy (non-hydrogen) atoms. The zero-order valence-electron chi connectivity index (χ0n) is 23.7. The summed E-state index contributed by atoms with van der Waals surface area (Å²) in [6, 6.07) is 12.8. The van der Waals surface area contributed by atoms with Gasteiger partial charge in [0.2, 0.25) is 5.91 Å². The number of halogens is 4. The van der Waals surface area contributed by atoms with Gasteiger partial charge in [0.1, 0.15) is 25.8 Å². The molecule has 0 aliphatic carbocycles. The number of rotatable bonds is 9. The van der Waals surface area contributed by atoms with Crippen molar-refractivity contribution >= 4 is 45.8 Å². The van der Waals surface area contributed by atoms with E-state index in [1.54, 1.807) is 43.4 Å². The van der Waals surface area contributed by atoms with Crippen LogP contribution in [-0.4, -0.2) is 28.8 Å². The highest BCUT2D eigenvalue weighted by atomic mass is 35.5. The molecular formula is C31H31ClF3N5O2. The van der Waals surface area contributed by atoms with Gasteiger partial charge in [0.05, 0.1) is 16.1 Å². The van der Waals surface area contributed by atoms with Crippen LogP contribution >= 0.6 is 11.6 Å². The third-order valence-corrected chi connectivity index (χ3v) is 7.05. The molecule has 0 radical (unpaired) electrons. The van der Waals surface area contributed by atoms with Crippen molar-refractivity contribution in [2.24, 2.45) is 5.41 Å². The second-order valence-corrected chi connectivity index (χ2v) is 11.2. The minimum absolute atomic E-state index is 0.0114. The molecule has 1 aromatic heterocycles. The number of fused-ring (bicyclic) bond motifs is 1. The minimum Gasteiger partial charge on any atom is -0.373 e. The number of nitrogens with one attached hydrogen (secondary N) is 3. The molecule has 3 N–H and O–H groups in total. The van der Waals surface area contributed by atoms with Crippen LogP contribution in [0, 0.1) is 5.41 Å². The Morgan fingerprint density at radius 2 is 1.60 bits per heavy atom. The van der Waals surface area contributed by atoms with Crippen molar-refractivity contribution in [2.75, 3.05) is 17.7 Å². The fourth-order valence-electron chi connectivity index (χ4n) is 4.37. The van der Waals surface area contributed by atoms with E-state index in [0.29, 0.717) is 33.5 Å². The SMILES string of the molecule is CNc1nc(-c2cc(CF)c(CF)c(CF)c2)nc2cc(NC(=O)c3cc(CNC(=O)C(C)(C)C)ccc3Cl)ccc12. The van der Waals surface area contributed by atoms with E-state index in [-0.39, 0.29) is 45.6 Å². The summed E-state index contributed by atoms with van der Waals surface area (Å²) >= 11 is 6.33. The fraction of sp³-hybridized carbons (Fsp3) is 0.290. The lowest BCUT2D eigenvalue weighted by Crippen LogP contribution is -2.34. The standard InChI is InChI=1S/C31H31ClF3N5O2/c1-31(2,3)30(42)37-16-17-5-8-25(32)23(9-17)29(41)38-21-6-7-22-26(12-21)39-27(40-28(22)36-4)18-10-19(13-33)24(15-35)20(11-18)14-34/h5-12H,13-16H2,1-4H3,(H,37,42)(H,38,41)(H,36,39,40). The number of hydrogen-bond donors (Lipinski definition) is 3. The number of amides is 2. The van der Waals surface area contributed by atoms with Crippen LogP contribution in [0.4, 0.5) is 24.7 Å². The summed E-state index contributed by atoms with van der Waals surface area (Å²) in [5.41, 5.74) is 1.65. The topological polar surface area (TPSA) is 96.0 Å². The highest BCUT2D eigenvalue weighted by Crippen LogP contribution is 2.31. The summed E-state index contributed by atoms with van der Waals surface area (Å²) in [6.07, 6.45) is 0. The summed E-state index contributed by atoms with van der Waals surface area (Å²) in [7, 11) is 1.67. The Balaban J connectivity index is 1.65. The predicted octanol–water partition coefficient (Wildman–Crippen LogP) is 7.32. The van der Waals surface area contributed by atoms with E-state index >= 15 is 0 Å². The van der Waals surface area contributed by atoms with E-state index in [0.717, 1.165) is 0 Å². The van der Waals surface area contributed by atoms with Gasteiger partial charge in [-0.15, -0.1) is 0 Å². The maximum absolute atomic E-state index is 13.7. The average molecular weight is 598 g/mol. The maximum Gasteiger partial charge on any atom is 0.257 e. The van der Waals surface area contributed by atoms with E-state index in [1.165, 1.54) is 12.1 Å². The fourth-order valence-corrected chi connectivity index (χ4v) is 4.57. The third-order valence-electron chi connectivity index (χ3n) is 6.72. The Kier molecular flexibility index (Phi) is 9.36. The molecule has 11 heteroatoms. The van der Waals surface area contributed by atoms with Crippen molar-refractivity contribution < 1.29 is 22.8 Å². The molecule has 0 aliphatic heterocycles. The monoisotopic (exact) mass is 597 g/mol. The first-order chi connectivity index (χ1) is 20.0. The molecule has 7 nitrogen and oxygen atoms in total. The van der Waals surface area contributed by atoms with Gasteiger partial charge < -0.3 is 16.0 Å². The molecule has 0 bridgehead atoms. The van der Waals surface area contributed by atoms with Crippen LogP contribution in [0.1, 0.15) is 53.4 Å². The number of hydrogen-bond acceptors (Lipinski definition) is 5. The molecule has 0 fully saturated rings. The Morgan fingerprint density at radius 3 is 2.19 bits per heavy atom. The van der Waals surface area contributed by atoms with E-state index in [2.05, 4.69) is 25.9 Å². The smallest absolute Gasteiger partial charge is 0.257 e. The summed E-state index contributed by atoms with van der Waals surface area (Å²) in [5, 5.41) is 9.55. The minimum atomic E-state index is -0.985. The van der Waals surface area contributed by atoms with Gasteiger partial charge in [-0.1, -0.05) is 38.4 Å². The molecule has 2 amide bonds. The lowest BCUT2D eigenvalue weighted by atomic mass is 9.95. The summed E-state index contributed by atoms with van der Waals surface area (Å²) < 4.78 is 40.8. The zero-order valence-corrected chi connectivity index (χ0v) is 24.4. The van der Waals surface area contributed by atoms with Crippen LogP contribution in [-0.2, 0) is 31.4 Å². The van der Waals surface area contributed by atoms with E-state index in [9.17, 15) is 22.8 Å². The first-order valence-electron chi connectivity index (χ1n) is 13.2. The first-order valence-corrected chi connectivity index (χ1v) is 13.6. The largest absolute Gasteiger partial charge is 0.373 e. The summed E-state index contributed by atoms with van der Waals surface area (Å²) in [5.74, 6) is 0.0489. The van der Waals surface area contributed by atoms with Crippen molar-refractivity contribution in [3.05, 3.63) is 81.4 Å². The quantitative estimate of drug-likeness (QED) is 0.188. The van der Waals surface area contributed by atoms with Gasteiger partial charge in [-0.2, -0.15) is 0 Å². The third kappa shape index (κ3) is 6.65. The lowest BCUT2D eigenvalue weighted by Gasteiger charge is -2.18. The number of carbonyl (C=O) groups is 2. The molecular weight excluding hydrogens is 567 g/mol. The maximum atomic E-state index is 13.7. The van der Waals surface area contributed by atoms with Crippen LogP contribution in [0.15, 0.2) is 48.5 Å². The first kappa shape index (κ1) is 30.8. The van der Waals surface area contributed by atoms with Crippen LogP contribution in [0.5, 0.6) is 0 Å². The van der Waals surface area contributed by atoms with E-state index in [1.807, 2.05) is 20.8 Å². The van der Waals surface area contributed by atoms with Crippen LogP contribution in [0.2, 0.25) is 5.02 Å². The van der Waals surface area contributed by atoms with Gasteiger partial charge in [0, 0.05) is 35.6 Å². The molecule has 0 spiro atoms. The van der Waals surface area contributed by atoms with Crippen LogP contribution < -0.4 is 16.0 Å². The molecule has 4 aromatic rings. The molecule has 0 saturated heterocycles. The predicted molar refractivity (Wildman–Crippen MR) is 160 cm³/mol. The Morgan fingerprint density at radius 1 is 0.905 bits per heavy atom. The van der Waals surface area contributed by atoms with Crippen molar-refractivity contribution in [3.8, 4) is 11.4 Å². The van der Waals surface area contributed by atoms with Crippen LogP contribution in [0.25, 0.3) is 22.3 Å². The number of nitrogens with zero attached hydrogens (tertiary/aromatic N) is 2. The van der Waals surface area contributed by atoms with E-state index in [4.69, 9.17) is 11.6 Å². The van der Waals surface area contributed by atoms with Gasteiger partial charge in [0.15, 0.2) is 5.82 Å².